The second-order valence-corrected chi connectivity index (χ2v) is 6.06. The first-order chi connectivity index (χ1) is 17.3. The molecule has 38 heavy (non-hydrogen) atoms. The molecule has 224 valence electrons. The molecule has 0 radical (unpaired) electrons. The molecule has 12 heteroatoms. The Balaban J connectivity index is -0.0000000961. The molecule has 0 saturated carbocycles. The molecule has 3 heterocycles. The number of rotatable bonds is 4. The lowest BCUT2D eigenvalue weighted by molar-refractivity contribution is 0.124. The van der Waals surface area contributed by atoms with Crippen LogP contribution in [-0.4, -0.2) is 82.9 Å². The molecule has 0 N–H and O–H groups in total. The first kappa shape index (κ1) is 47.7. The third-order valence-electron chi connectivity index (χ3n) is 3.51. The van der Waals surface area contributed by atoms with Crippen LogP contribution in [0, 0.1) is 19.3 Å². The fourth-order valence-electron chi connectivity index (χ4n) is 2.31. The van der Waals surface area contributed by atoms with Gasteiger partial charge in [0.05, 0.1) is 31.9 Å². The van der Waals surface area contributed by atoms with Gasteiger partial charge in [-0.1, -0.05) is 80.6 Å². The quantitative estimate of drug-likeness (QED) is 0.177. The zero-order valence-electron chi connectivity index (χ0n) is 24.3. The summed E-state index contributed by atoms with van der Waals surface area (Å²) >= 11 is 0. The van der Waals surface area contributed by atoms with Crippen LogP contribution in [0.4, 0.5) is 9.59 Å². The third kappa shape index (κ3) is 23.0. The predicted molar refractivity (Wildman–Crippen MR) is 158 cm³/mol. The molecule has 1 aromatic heterocycles. The molecule has 0 unspecified atom stereocenters. The number of likely N-dealkylation sites (N-methyl/N-ethyl adjacent to an activating group) is 2. The SMILES string of the molecule is C.C.C#CC.CC.CC.CC.CC.CN1C[C@H](CN=[N+]=[N-])OC1=O.Cc1cn(C[C@H]2CN(C)C(=O)O2)nn1. The Hall–Kier alpha value is -3.45. The molecule has 2 aliphatic rings. The molecule has 2 atom stereocenters. The van der Waals surface area contributed by atoms with Gasteiger partial charge in [-0.2, -0.15) is 0 Å². The Labute approximate surface area is 232 Å². The van der Waals surface area contributed by atoms with Gasteiger partial charge in [0.2, 0.25) is 0 Å². The molecular formula is C26H56N8O4. The smallest absolute Gasteiger partial charge is 0.410 e. The number of cyclic esters (lactones) is 2. The number of ether oxygens (including phenoxy) is 2. The van der Waals surface area contributed by atoms with E-state index in [0.717, 1.165) is 5.69 Å². The van der Waals surface area contributed by atoms with E-state index >= 15 is 0 Å². The van der Waals surface area contributed by atoms with Crippen molar-refractivity contribution in [3.8, 4) is 12.3 Å². The number of terminal acetylenes is 1. The second kappa shape index (κ2) is 33.5. The van der Waals surface area contributed by atoms with E-state index in [1.807, 2.05) is 68.5 Å². The molecule has 12 nitrogen and oxygen atoms in total. The van der Waals surface area contributed by atoms with Gasteiger partial charge in [-0.25, -0.2) is 14.3 Å². The number of azide groups is 1. The molecule has 0 aromatic carbocycles. The molecular weight excluding hydrogens is 488 g/mol. The Kier molecular flexibility index (Phi) is 42.1. The number of nitrogens with zero attached hydrogens (tertiary/aromatic N) is 8. The van der Waals surface area contributed by atoms with Crippen molar-refractivity contribution in [1.29, 1.82) is 0 Å². The van der Waals surface area contributed by atoms with E-state index in [0.29, 0.717) is 19.6 Å². The summed E-state index contributed by atoms with van der Waals surface area (Å²) in [6.45, 7) is 21.4. The number of aromatic nitrogens is 3. The maximum absolute atomic E-state index is 11.0. The molecule has 0 aliphatic carbocycles. The maximum Gasteiger partial charge on any atom is 0.410 e. The van der Waals surface area contributed by atoms with Gasteiger partial charge in [0.1, 0.15) is 12.2 Å². The number of aryl methyl sites for hydroxylation is 1. The fourth-order valence-corrected chi connectivity index (χ4v) is 2.31. The minimum absolute atomic E-state index is 0. The van der Waals surface area contributed by atoms with Crippen LogP contribution in [0.2, 0.25) is 0 Å². The van der Waals surface area contributed by atoms with Crippen LogP contribution in [0.15, 0.2) is 11.3 Å². The number of carbonyl (C=O) groups excluding carboxylic acids is 2. The van der Waals surface area contributed by atoms with E-state index in [2.05, 4.69) is 32.7 Å². The minimum atomic E-state index is -0.358. The standard InChI is InChI=1S/C8H12N4O2.C5H8N4O2.C3H4.4C2H6.2CH4/c1-6-3-12(10-9-6)5-7-4-11(2)8(13)14-7;1-9-3-4(2-7-8-6)11-5(9)10;1-3-2;4*1-2;;/h3,7H,4-5H2,1-2H3;4H,2-3H2,1H3;1H,2H3;4*1-2H3;2*1H4/t7-;4-;;;;;;;/m10......./s1. The van der Waals surface area contributed by atoms with E-state index in [9.17, 15) is 9.59 Å². The molecule has 2 saturated heterocycles. The van der Waals surface area contributed by atoms with Crippen LogP contribution in [0.3, 0.4) is 0 Å². The van der Waals surface area contributed by atoms with Crippen molar-refractivity contribution < 1.29 is 19.1 Å². The van der Waals surface area contributed by atoms with Crippen LogP contribution in [-0.2, 0) is 16.0 Å². The lowest BCUT2D eigenvalue weighted by atomic mass is 10.3. The molecule has 2 amide bonds. The maximum atomic E-state index is 11.0. The van der Waals surface area contributed by atoms with Gasteiger partial charge in [0, 0.05) is 25.2 Å². The zero-order valence-corrected chi connectivity index (χ0v) is 24.3. The van der Waals surface area contributed by atoms with Crippen LogP contribution < -0.4 is 0 Å². The first-order valence-electron chi connectivity index (χ1n) is 12.4. The van der Waals surface area contributed by atoms with Crippen molar-refractivity contribution in [2.45, 2.75) is 103 Å². The van der Waals surface area contributed by atoms with Crippen LogP contribution in [0.1, 0.15) is 82.9 Å². The Morgan fingerprint density at radius 3 is 1.68 bits per heavy atom. The van der Waals surface area contributed by atoms with Crippen molar-refractivity contribution in [3.63, 3.8) is 0 Å². The Bertz CT molecular complexity index is 757. The lowest BCUT2D eigenvalue weighted by Crippen LogP contribution is -2.22. The molecule has 0 bridgehead atoms. The summed E-state index contributed by atoms with van der Waals surface area (Å²) in [7, 11) is 3.35. The van der Waals surface area contributed by atoms with Gasteiger partial charge >= 0.3 is 12.2 Å². The van der Waals surface area contributed by atoms with Gasteiger partial charge in [0.25, 0.3) is 0 Å². The topological polar surface area (TPSA) is 139 Å². The highest BCUT2D eigenvalue weighted by molar-refractivity contribution is 5.69. The van der Waals surface area contributed by atoms with Crippen LogP contribution in [0.25, 0.3) is 10.4 Å². The second-order valence-electron chi connectivity index (χ2n) is 6.06. The predicted octanol–water partition coefficient (Wildman–Crippen LogP) is 6.80. The molecule has 2 fully saturated rings. The van der Waals surface area contributed by atoms with Crippen molar-refractivity contribution in [2.75, 3.05) is 33.7 Å². The van der Waals surface area contributed by atoms with Crippen LogP contribution in [0.5, 0.6) is 0 Å². The van der Waals surface area contributed by atoms with E-state index < -0.39 is 0 Å². The molecule has 1 aromatic rings. The number of hydrogen-bond acceptors (Lipinski definition) is 7. The minimum Gasteiger partial charge on any atom is -0.444 e. The highest BCUT2D eigenvalue weighted by atomic mass is 16.6. The number of amides is 2. The average Bonchev–Trinajstić information content (AvgIpc) is 3.56. The highest BCUT2D eigenvalue weighted by Gasteiger charge is 2.28. The monoisotopic (exact) mass is 544 g/mol. The summed E-state index contributed by atoms with van der Waals surface area (Å²) in [5, 5.41) is 11.0. The Morgan fingerprint density at radius 1 is 1.00 bits per heavy atom. The van der Waals surface area contributed by atoms with E-state index in [1.54, 1.807) is 30.6 Å². The summed E-state index contributed by atoms with van der Waals surface area (Å²) in [6.07, 6.45) is 5.40. The average molecular weight is 545 g/mol. The Morgan fingerprint density at radius 2 is 1.39 bits per heavy atom. The summed E-state index contributed by atoms with van der Waals surface area (Å²) in [4.78, 5) is 27.3. The summed E-state index contributed by atoms with van der Waals surface area (Å²) in [5.74, 6) is 2.25. The zero-order chi connectivity index (χ0) is 29.1. The van der Waals surface area contributed by atoms with Crippen LogP contribution >= 0.6 is 0 Å². The number of hydrogen-bond donors (Lipinski definition) is 0. The van der Waals surface area contributed by atoms with E-state index in [4.69, 9.17) is 15.0 Å². The van der Waals surface area contributed by atoms with Gasteiger partial charge < -0.3 is 19.3 Å². The van der Waals surface area contributed by atoms with E-state index in [1.165, 1.54) is 4.90 Å². The summed E-state index contributed by atoms with van der Waals surface area (Å²) in [5.41, 5.74) is 8.83. The van der Waals surface area contributed by atoms with Crippen molar-refractivity contribution in [2.24, 2.45) is 5.11 Å². The van der Waals surface area contributed by atoms with Gasteiger partial charge in [-0.3, -0.25) is 0 Å². The largest absolute Gasteiger partial charge is 0.444 e. The fraction of sp³-hybridized carbons (Fsp3) is 0.769. The van der Waals surface area contributed by atoms with Gasteiger partial charge in [-0.05, 0) is 19.4 Å². The van der Waals surface area contributed by atoms with Crippen molar-refractivity contribution in [3.05, 3.63) is 22.3 Å². The summed E-state index contributed by atoms with van der Waals surface area (Å²) < 4.78 is 11.6. The lowest BCUT2D eigenvalue weighted by Gasteiger charge is -2.06. The third-order valence-corrected chi connectivity index (χ3v) is 3.51. The normalized spacial score (nSPS) is 15.3. The molecule has 0 spiro atoms. The molecule has 3 rings (SSSR count). The summed E-state index contributed by atoms with van der Waals surface area (Å²) in [6, 6.07) is 0. The van der Waals surface area contributed by atoms with Gasteiger partial charge in [0.15, 0.2) is 0 Å². The van der Waals surface area contributed by atoms with Crippen molar-refractivity contribution >= 4 is 12.2 Å². The van der Waals surface area contributed by atoms with E-state index in [-0.39, 0.29) is 45.8 Å². The molecule has 2 aliphatic heterocycles. The highest BCUT2D eigenvalue weighted by Crippen LogP contribution is 2.10. The van der Waals surface area contributed by atoms with Crippen molar-refractivity contribution in [1.82, 2.24) is 24.8 Å². The number of carbonyl (C=O) groups is 2. The van der Waals surface area contributed by atoms with Gasteiger partial charge in [-0.15, -0.1) is 17.4 Å². The first-order valence-corrected chi connectivity index (χ1v) is 12.4.